The molecule has 1 atom stereocenters. The summed E-state index contributed by atoms with van der Waals surface area (Å²) in [7, 11) is 0. The molecule has 0 bridgehead atoms. The fourth-order valence-corrected chi connectivity index (χ4v) is 3.73. The van der Waals surface area contributed by atoms with Gasteiger partial charge in [-0.05, 0) is 58.4 Å². The Hall–Kier alpha value is -3.40. The van der Waals surface area contributed by atoms with Gasteiger partial charge in [-0.2, -0.15) is 0 Å². The van der Waals surface area contributed by atoms with Crippen molar-refractivity contribution in [1.29, 1.82) is 0 Å². The molecule has 0 heterocycles. The second kappa shape index (κ2) is 8.76. The van der Waals surface area contributed by atoms with Gasteiger partial charge in [-0.25, -0.2) is 17.6 Å². The highest BCUT2D eigenvalue weighted by Gasteiger charge is 2.15. The van der Waals surface area contributed by atoms with Gasteiger partial charge in [-0.15, -0.1) is 0 Å². The maximum absolute atomic E-state index is 14.7. The van der Waals surface area contributed by atoms with Crippen molar-refractivity contribution in [3.05, 3.63) is 119 Å². The monoisotopic (exact) mass is 420 g/mol. The molecule has 0 aliphatic heterocycles. The molecule has 0 fully saturated rings. The smallest absolute Gasteiger partial charge is 0.194 e. The van der Waals surface area contributed by atoms with Crippen molar-refractivity contribution >= 4 is 0 Å². The van der Waals surface area contributed by atoms with E-state index in [0.29, 0.717) is 11.5 Å². The van der Waals surface area contributed by atoms with Crippen LogP contribution in [0.5, 0.6) is 0 Å². The Labute approximate surface area is 178 Å². The fraction of sp³-hybridized carbons (Fsp3) is 0.111. The van der Waals surface area contributed by atoms with E-state index < -0.39 is 23.3 Å². The Bertz CT molecular complexity index is 1170. The summed E-state index contributed by atoms with van der Waals surface area (Å²) in [6.45, 7) is 2.18. The Balaban J connectivity index is 1.54. The quantitative estimate of drug-likeness (QED) is 0.227. The molecule has 0 saturated heterocycles. The van der Waals surface area contributed by atoms with Crippen molar-refractivity contribution in [2.45, 2.75) is 19.3 Å². The molecule has 0 nitrogen and oxygen atoms in total. The second-order valence-corrected chi connectivity index (χ2v) is 7.66. The van der Waals surface area contributed by atoms with E-state index in [2.05, 4.69) is 19.1 Å². The largest absolute Gasteiger partial charge is 0.206 e. The molecule has 1 unspecified atom stereocenters. The Morgan fingerprint density at radius 1 is 0.613 bits per heavy atom. The average Bonchev–Trinajstić information content (AvgIpc) is 2.78. The molecule has 156 valence electrons. The van der Waals surface area contributed by atoms with Crippen LogP contribution in [-0.4, -0.2) is 0 Å². The molecular weight excluding hydrogens is 400 g/mol. The predicted molar refractivity (Wildman–Crippen MR) is 116 cm³/mol. The minimum absolute atomic E-state index is 0.00913. The van der Waals surface area contributed by atoms with Gasteiger partial charge in [0.05, 0.1) is 0 Å². The molecule has 0 amide bonds. The van der Waals surface area contributed by atoms with Crippen LogP contribution in [0, 0.1) is 23.3 Å². The Kier molecular flexibility index (Phi) is 5.90. The van der Waals surface area contributed by atoms with Crippen LogP contribution < -0.4 is 0 Å². The molecule has 0 spiro atoms. The van der Waals surface area contributed by atoms with Crippen molar-refractivity contribution < 1.29 is 17.6 Å². The predicted octanol–water partition coefficient (Wildman–Crippen LogP) is 7.92. The number of hydrogen-bond donors (Lipinski definition) is 0. The number of hydrogen-bond acceptors (Lipinski definition) is 0. The van der Waals surface area contributed by atoms with E-state index in [4.69, 9.17) is 0 Å². The molecule has 4 rings (SSSR count). The molecule has 4 aromatic rings. The molecule has 0 radical (unpaired) electrons. The zero-order valence-corrected chi connectivity index (χ0v) is 16.9. The summed E-state index contributed by atoms with van der Waals surface area (Å²) < 4.78 is 54.9. The van der Waals surface area contributed by atoms with Crippen LogP contribution >= 0.6 is 0 Å². The zero-order chi connectivity index (χ0) is 22.0. The zero-order valence-electron chi connectivity index (χ0n) is 16.9. The van der Waals surface area contributed by atoms with Gasteiger partial charge < -0.3 is 0 Å². The van der Waals surface area contributed by atoms with Gasteiger partial charge in [0.1, 0.15) is 5.82 Å². The van der Waals surface area contributed by atoms with E-state index in [1.165, 1.54) is 23.3 Å². The lowest BCUT2D eigenvalue weighted by molar-refractivity contribution is 0.447. The van der Waals surface area contributed by atoms with Gasteiger partial charge >= 0.3 is 0 Å². The average molecular weight is 420 g/mol. The molecule has 0 saturated carbocycles. The SMILES string of the molecule is CC(Cc1ccc(-c2ccc(-c3cc(F)c(F)c(F)c3)c(F)c2)cc1)c1ccccc1. The first-order valence-corrected chi connectivity index (χ1v) is 10.0. The summed E-state index contributed by atoms with van der Waals surface area (Å²) >= 11 is 0. The van der Waals surface area contributed by atoms with E-state index >= 15 is 0 Å². The first kappa shape index (κ1) is 20.9. The molecular formula is C27H20F4. The first-order chi connectivity index (χ1) is 14.9. The summed E-state index contributed by atoms with van der Waals surface area (Å²) in [5.41, 5.74) is 3.89. The summed E-state index contributed by atoms with van der Waals surface area (Å²) in [6, 6.07) is 24.2. The second-order valence-electron chi connectivity index (χ2n) is 7.66. The van der Waals surface area contributed by atoms with Gasteiger partial charge in [-0.1, -0.05) is 73.7 Å². The molecule has 0 N–H and O–H groups in total. The minimum Gasteiger partial charge on any atom is -0.206 e. The van der Waals surface area contributed by atoms with Crippen LogP contribution in [0.2, 0.25) is 0 Å². The highest BCUT2D eigenvalue weighted by molar-refractivity contribution is 5.71. The van der Waals surface area contributed by atoms with Crippen LogP contribution in [0.25, 0.3) is 22.3 Å². The van der Waals surface area contributed by atoms with E-state index in [1.807, 2.05) is 42.5 Å². The molecule has 31 heavy (non-hydrogen) atoms. The molecule has 4 heteroatoms. The summed E-state index contributed by atoms with van der Waals surface area (Å²) in [6.07, 6.45) is 0.888. The third-order valence-corrected chi connectivity index (χ3v) is 5.46. The van der Waals surface area contributed by atoms with E-state index in [-0.39, 0.29) is 11.1 Å². The highest BCUT2D eigenvalue weighted by atomic mass is 19.2. The van der Waals surface area contributed by atoms with E-state index in [1.54, 1.807) is 6.07 Å². The molecule has 0 aromatic heterocycles. The van der Waals surface area contributed by atoms with Gasteiger partial charge in [-0.3, -0.25) is 0 Å². The molecule has 0 aliphatic rings. The lowest BCUT2D eigenvalue weighted by atomic mass is 9.92. The minimum atomic E-state index is -1.57. The third kappa shape index (κ3) is 4.53. The maximum Gasteiger partial charge on any atom is 0.194 e. The maximum atomic E-state index is 14.7. The van der Waals surface area contributed by atoms with E-state index in [0.717, 1.165) is 24.1 Å². The molecule has 0 aliphatic carbocycles. The van der Waals surface area contributed by atoms with Crippen LogP contribution in [0.15, 0.2) is 84.9 Å². The fourth-order valence-electron chi connectivity index (χ4n) is 3.73. The van der Waals surface area contributed by atoms with Gasteiger partial charge in [0.25, 0.3) is 0 Å². The Morgan fingerprint density at radius 2 is 1.19 bits per heavy atom. The summed E-state index contributed by atoms with van der Waals surface area (Å²) in [4.78, 5) is 0. The van der Waals surface area contributed by atoms with Crippen LogP contribution in [-0.2, 0) is 6.42 Å². The van der Waals surface area contributed by atoms with Crippen molar-refractivity contribution in [3.63, 3.8) is 0 Å². The lowest BCUT2D eigenvalue weighted by Gasteiger charge is -2.13. The highest BCUT2D eigenvalue weighted by Crippen LogP contribution is 2.30. The summed E-state index contributed by atoms with van der Waals surface area (Å²) in [5, 5.41) is 0. The molecule has 4 aromatic carbocycles. The third-order valence-electron chi connectivity index (χ3n) is 5.46. The van der Waals surface area contributed by atoms with Crippen LogP contribution in [0.4, 0.5) is 17.6 Å². The normalized spacial score (nSPS) is 12.0. The van der Waals surface area contributed by atoms with Crippen molar-refractivity contribution in [1.82, 2.24) is 0 Å². The van der Waals surface area contributed by atoms with Crippen molar-refractivity contribution in [2.75, 3.05) is 0 Å². The van der Waals surface area contributed by atoms with Crippen LogP contribution in [0.3, 0.4) is 0 Å². The number of benzene rings is 4. The van der Waals surface area contributed by atoms with E-state index in [9.17, 15) is 17.6 Å². The van der Waals surface area contributed by atoms with Gasteiger partial charge in [0.15, 0.2) is 17.5 Å². The van der Waals surface area contributed by atoms with Crippen LogP contribution in [0.1, 0.15) is 24.0 Å². The first-order valence-electron chi connectivity index (χ1n) is 10.0. The Morgan fingerprint density at radius 3 is 1.81 bits per heavy atom. The topological polar surface area (TPSA) is 0 Å². The standard InChI is InChI=1S/C27H20F4/c1-17(19-5-3-2-4-6-19)13-18-7-9-20(10-8-18)21-11-12-23(24(28)14-21)22-15-25(29)27(31)26(30)16-22/h2-12,14-17H,13H2,1H3. The van der Waals surface area contributed by atoms with Gasteiger partial charge in [0.2, 0.25) is 0 Å². The summed E-state index contributed by atoms with van der Waals surface area (Å²) in [5.74, 6) is -4.52. The number of halogens is 4. The van der Waals surface area contributed by atoms with Gasteiger partial charge in [0, 0.05) is 5.56 Å². The lowest BCUT2D eigenvalue weighted by Crippen LogP contribution is -1.98. The van der Waals surface area contributed by atoms with Crippen molar-refractivity contribution in [3.8, 4) is 22.3 Å². The van der Waals surface area contributed by atoms with Crippen molar-refractivity contribution in [2.24, 2.45) is 0 Å². The number of rotatable bonds is 5.